The second-order valence-corrected chi connectivity index (χ2v) is 3.69. The number of anilines is 1. The third-order valence-corrected chi connectivity index (χ3v) is 2.31. The summed E-state index contributed by atoms with van der Waals surface area (Å²) in [6.45, 7) is 0.0127. The van der Waals surface area contributed by atoms with E-state index in [1.54, 1.807) is 12.1 Å². The second kappa shape index (κ2) is 5.29. The number of rotatable bonds is 4. The van der Waals surface area contributed by atoms with Crippen LogP contribution < -0.4 is 10.5 Å². The molecule has 0 amide bonds. The van der Waals surface area contributed by atoms with Crippen LogP contribution >= 0.6 is 0 Å². The van der Waals surface area contributed by atoms with Gasteiger partial charge in [-0.3, -0.25) is 0 Å². The van der Waals surface area contributed by atoms with Crippen molar-refractivity contribution in [2.45, 2.75) is 19.6 Å². The highest BCUT2D eigenvalue weighted by Crippen LogP contribution is 2.31. The molecule has 0 aromatic heterocycles. The molecule has 1 aromatic carbocycles. The maximum absolute atomic E-state index is 12.0. The summed E-state index contributed by atoms with van der Waals surface area (Å²) >= 11 is 0. The molecule has 0 aliphatic carbocycles. The van der Waals surface area contributed by atoms with E-state index in [9.17, 15) is 8.78 Å². The number of fused-ring (bicyclic) bond motifs is 1. The molecule has 0 spiro atoms. The molecule has 1 aliphatic rings. The first-order chi connectivity index (χ1) is 8.16. The van der Waals surface area contributed by atoms with Crippen LogP contribution in [0.5, 0.6) is 5.75 Å². The van der Waals surface area contributed by atoms with Gasteiger partial charge in [0.15, 0.2) is 6.79 Å². The Labute approximate surface area is 97.3 Å². The largest absolute Gasteiger partial charge is 0.467 e. The predicted octanol–water partition coefficient (Wildman–Crippen LogP) is 1.92. The van der Waals surface area contributed by atoms with Crippen molar-refractivity contribution in [1.29, 1.82) is 0 Å². The Morgan fingerprint density at radius 2 is 2.24 bits per heavy atom. The fourth-order valence-electron chi connectivity index (χ4n) is 1.69. The lowest BCUT2D eigenvalue weighted by Gasteiger charge is -2.21. The number of nitrogens with two attached hydrogens (primary N) is 1. The molecule has 17 heavy (non-hydrogen) atoms. The molecule has 1 heterocycles. The molecule has 0 saturated carbocycles. The summed E-state index contributed by atoms with van der Waals surface area (Å²) in [7, 11) is 0. The maximum atomic E-state index is 12.0. The molecule has 6 heteroatoms. The molecule has 4 nitrogen and oxygen atoms in total. The molecular formula is C11H13F2NO3. The van der Waals surface area contributed by atoms with E-state index in [0.29, 0.717) is 23.6 Å². The highest BCUT2D eigenvalue weighted by atomic mass is 19.3. The lowest BCUT2D eigenvalue weighted by molar-refractivity contribution is -0.0210. The van der Waals surface area contributed by atoms with Gasteiger partial charge in [0.2, 0.25) is 0 Å². The van der Waals surface area contributed by atoms with Gasteiger partial charge in [0.25, 0.3) is 6.43 Å². The van der Waals surface area contributed by atoms with Crippen LogP contribution in [0.1, 0.15) is 11.1 Å². The monoisotopic (exact) mass is 245 g/mol. The van der Waals surface area contributed by atoms with Gasteiger partial charge in [-0.1, -0.05) is 0 Å². The Morgan fingerprint density at radius 3 is 3.00 bits per heavy atom. The molecule has 2 rings (SSSR count). The van der Waals surface area contributed by atoms with Crippen LogP contribution in [0.2, 0.25) is 0 Å². The van der Waals surface area contributed by atoms with E-state index < -0.39 is 13.0 Å². The number of nitrogen functional groups attached to an aromatic ring is 1. The van der Waals surface area contributed by atoms with E-state index in [4.69, 9.17) is 19.9 Å². The zero-order valence-electron chi connectivity index (χ0n) is 9.12. The average Bonchev–Trinajstić information content (AvgIpc) is 2.28. The molecule has 1 aromatic rings. The van der Waals surface area contributed by atoms with Crippen molar-refractivity contribution in [2.75, 3.05) is 19.1 Å². The van der Waals surface area contributed by atoms with Crippen LogP contribution in [0.3, 0.4) is 0 Å². The minimum atomic E-state index is -2.48. The van der Waals surface area contributed by atoms with Crippen molar-refractivity contribution in [1.82, 2.24) is 0 Å². The van der Waals surface area contributed by atoms with E-state index in [0.717, 1.165) is 5.56 Å². The minimum absolute atomic E-state index is 0.0533. The molecule has 0 fully saturated rings. The molecule has 0 bridgehead atoms. The number of alkyl halides is 2. The summed E-state index contributed by atoms with van der Waals surface area (Å²) < 4.78 is 39.2. The van der Waals surface area contributed by atoms with Crippen molar-refractivity contribution in [3.63, 3.8) is 0 Å². The minimum Gasteiger partial charge on any atom is -0.467 e. The van der Waals surface area contributed by atoms with Gasteiger partial charge in [-0.2, -0.15) is 0 Å². The van der Waals surface area contributed by atoms with Crippen molar-refractivity contribution in [3.05, 3.63) is 23.3 Å². The number of benzene rings is 1. The predicted molar refractivity (Wildman–Crippen MR) is 56.8 cm³/mol. The van der Waals surface area contributed by atoms with Crippen molar-refractivity contribution >= 4 is 5.69 Å². The van der Waals surface area contributed by atoms with Gasteiger partial charge < -0.3 is 19.9 Å². The highest BCUT2D eigenvalue weighted by molar-refractivity contribution is 5.53. The Balaban J connectivity index is 2.12. The van der Waals surface area contributed by atoms with Crippen molar-refractivity contribution < 1.29 is 23.0 Å². The number of hydrogen-bond donors (Lipinski definition) is 1. The normalized spacial score (nSPS) is 14.5. The lowest BCUT2D eigenvalue weighted by atomic mass is 10.1. The molecular weight excluding hydrogens is 232 g/mol. The summed E-state index contributed by atoms with van der Waals surface area (Å²) in [5.41, 5.74) is 7.72. The summed E-state index contributed by atoms with van der Waals surface area (Å²) in [6.07, 6.45) is -2.48. The van der Waals surface area contributed by atoms with E-state index in [-0.39, 0.29) is 13.4 Å². The first-order valence-electron chi connectivity index (χ1n) is 5.14. The Bertz CT molecular complexity index is 399. The molecule has 94 valence electrons. The molecule has 0 radical (unpaired) electrons. The topological polar surface area (TPSA) is 53.7 Å². The third-order valence-electron chi connectivity index (χ3n) is 2.31. The maximum Gasteiger partial charge on any atom is 0.261 e. The summed E-state index contributed by atoms with van der Waals surface area (Å²) in [5, 5.41) is 0. The molecule has 0 atom stereocenters. The highest BCUT2D eigenvalue weighted by Gasteiger charge is 2.16. The fourth-order valence-corrected chi connectivity index (χ4v) is 1.69. The quantitative estimate of drug-likeness (QED) is 0.823. The standard InChI is InChI=1S/C11H13F2NO3/c12-10(13)5-15-3-7-1-9(14)2-8-4-16-6-17-11(7)8/h1-2,10H,3-6,14H2. The Kier molecular flexibility index (Phi) is 3.75. The number of ether oxygens (including phenoxy) is 3. The van der Waals surface area contributed by atoms with E-state index in [1.807, 2.05) is 0 Å². The van der Waals surface area contributed by atoms with Crippen molar-refractivity contribution in [2.24, 2.45) is 0 Å². The first kappa shape index (κ1) is 12.1. The van der Waals surface area contributed by atoms with Gasteiger partial charge in [-0.05, 0) is 12.1 Å². The van der Waals surface area contributed by atoms with Gasteiger partial charge in [-0.25, -0.2) is 8.78 Å². The molecule has 0 unspecified atom stereocenters. The van der Waals surface area contributed by atoms with Gasteiger partial charge in [0.1, 0.15) is 12.4 Å². The number of halogens is 2. The zero-order valence-corrected chi connectivity index (χ0v) is 9.12. The summed E-state index contributed by atoms with van der Waals surface area (Å²) in [6, 6.07) is 3.40. The van der Waals surface area contributed by atoms with E-state index in [1.165, 1.54) is 0 Å². The second-order valence-electron chi connectivity index (χ2n) is 3.69. The Hall–Kier alpha value is -1.40. The van der Waals surface area contributed by atoms with Crippen LogP contribution in [0.15, 0.2) is 12.1 Å². The van der Waals surface area contributed by atoms with Gasteiger partial charge >= 0.3 is 0 Å². The molecule has 1 aliphatic heterocycles. The third kappa shape index (κ3) is 3.04. The van der Waals surface area contributed by atoms with E-state index in [2.05, 4.69) is 0 Å². The smallest absolute Gasteiger partial charge is 0.261 e. The SMILES string of the molecule is Nc1cc2c(c(COCC(F)F)c1)OCOC2. The summed E-state index contributed by atoms with van der Waals surface area (Å²) in [5.74, 6) is 0.625. The van der Waals surface area contributed by atoms with Crippen molar-refractivity contribution in [3.8, 4) is 5.75 Å². The Morgan fingerprint density at radius 1 is 1.41 bits per heavy atom. The molecule has 2 N–H and O–H groups in total. The van der Waals surface area contributed by atoms with Crippen LogP contribution in [0.4, 0.5) is 14.5 Å². The molecule has 0 saturated heterocycles. The number of hydrogen-bond acceptors (Lipinski definition) is 4. The van der Waals surface area contributed by atoms with Crippen LogP contribution in [-0.2, 0) is 22.7 Å². The van der Waals surface area contributed by atoms with Crippen LogP contribution in [0, 0.1) is 0 Å². The fraction of sp³-hybridized carbons (Fsp3) is 0.455. The van der Waals surface area contributed by atoms with Crippen LogP contribution in [0.25, 0.3) is 0 Å². The lowest BCUT2D eigenvalue weighted by Crippen LogP contribution is -2.14. The van der Waals surface area contributed by atoms with Gasteiger partial charge in [0.05, 0.1) is 13.2 Å². The van der Waals surface area contributed by atoms with Gasteiger partial charge in [0, 0.05) is 16.8 Å². The first-order valence-corrected chi connectivity index (χ1v) is 5.14. The summed E-state index contributed by atoms with van der Waals surface area (Å²) in [4.78, 5) is 0. The zero-order chi connectivity index (χ0) is 12.3. The van der Waals surface area contributed by atoms with E-state index >= 15 is 0 Å². The van der Waals surface area contributed by atoms with Gasteiger partial charge in [-0.15, -0.1) is 0 Å². The average molecular weight is 245 g/mol. The van der Waals surface area contributed by atoms with Crippen LogP contribution in [-0.4, -0.2) is 19.8 Å².